The Hall–Kier alpha value is -3.15. The average Bonchev–Trinajstić information content (AvgIpc) is 3.15. The summed E-state index contributed by atoms with van der Waals surface area (Å²) in [6, 6.07) is 16.0. The van der Waals surface area contributed by atoms with Crippen molar-refractivity contribution in [3.8, 4) is 11.5 Å². The van der Waals surface area contributed by atoms with E-state index < -0.39 is 0 Å². The molecule has 0 N–H and O–H groups in total. The lowest BCUT2D eigenvalue weighted by atomic mass is 10.2. The third-order valence-corrected chi connectivity index (χ3v) is 5.35. The minimum Gasteiger partial charge on any atom is -0.497 e. The molecule has 6 heteroatoms. The van der Waals surface area contributed by atoms with Crippen molar-refractivity contribution in [2.45, 2.75) is 6.54 Å². The van der Waals surface area contributed by atoms with Crippen LogP contribution >= 0.6 is 0 Å². The highest BCUT2D eigenvalue weighted by atomic mass is 16.5. The van der Waals surface area contributed by atoms with Gasteiger partial charge in [0, 0.05) is 49.0 Å². The van der Waals surface area contributed by atoms with E-state index >= 15 is 0 Å². The summed E-state index contributed by atoms with van der Waals surface area (Å²) < 4.78 is 12.5. The first-order chi connectivity index (χ1) is 13.7. The molecule has 1 aromatic heterocycles. The molecule has 3 aromatic rings. The van der Waals surface area contributed by atoms with Crippen molar-refractivity contribution in [3.05, 3.63) is 54.7 Å². The number of piperazine rings is 1. The van der Waals surface area contributed by atoms with Crippen LogP contribution in [0.4, 0.5) is 5.69 Å². The molecule has 1 amide bonds. The molecule has 2 aromatic carbocycles. The average molecular weight is 379 g/mol. The van der Waals surface area contributed by atoms with E-state index in [9.17, 15) is 4.79 Å². The van der Waals surface area contributed by atoms with E-state index in [1.54, 1.807) is 14.2 Å². The molecule has 2 heterocycles. The van der Waals surface area contributed by atoms with Gasteiger partial charge >= 0.3 is 0 Å². The number of fused-ring (bicyclic) bond motifs is 1. The topological polar surface area (TPSA) is 46.9 Å². The van der Waals surface area contributed by atoms with Crippen LogP contribution in [-0.2, 0) is 11.3 Å². The van der Waals surface area contributed by atoms with Gasteiger partial charge in [-0.1, -0.05) is 0 Å². The van der Waals surface area contributed by atoms with Crippen molar-refractivity contribution in [2.75, 3.05) is 45.3 Å². The Morgan fingerprint density at radius 3 is 2.25 bits per heavy atom. The Kier molecular flexibility index (Phi) is 5.10. The summed E-state index contributed by atoms with van der Waals surface area (Å²) >= 11 is 0. The second-order valence-corrected chi connectivity index (χ2v) is 6.93. The molecule has 0 bridgehead atoms. The minimum absolute atomic E-state index is 0.155. The lowest BCUT2D eigenvalue weighted by Crippen LogP contribution is -2.49. The molecular formula is C22H25N3O3. The van der Waals surface area contributed by atoms with Crippen LogP contribution in [0.2, 0.25) is 0 Å². The molecule has 0 spiro atoms. The quantitative estimate of drug-likeness (QED) is 0.684. The molecule has 0 unspecified atom stereocenters. The van der Waals surface area contributed by atoms with Crippen molar-refractivity contribution in [3.63, 3.8) is 0 Å². The normalized spacial score (nSPS) is 14.4. The van der Waals surface area contributed by atoms with Crippen molar-refractivity contribution >= 4 is 22.5 Å². The summed E-state index contributed by atoms with van der Waals surface area (Å²) in [5, 5.41) is 1.08. The number of rotatable bonds is 5. The van der Waals surface area contributed by atoms with E-state index in [2.05, 4.69) is 17.0 Å². The zero-order valence-corrected chi connectivity index (χ0v) is 16.3. The molecule has 1 aliphatic rings. The fourth-order valence-corrected chi connectivity index (χ4v) is 3.70. The van der Waals surface area contributed by atoms with Crippen LogP contribution in [0, 0.1) is 0 Å². The number of carbonyl (C=O) groups is 1. The zero-order chi connectivity index (χ0) is 19.5. The van der Waals surface area contributed by atoms with Crippen molar-refractivity contribution < 1.29 is 14.3 Å². The van der Waals surface area contributed by atoms with E-state index in [0.29, 0.717) is 6.54 Å². The van der Waals surface area contributed by atoms with Gasteiger partial charge in [0.2, 0.25) is 5.91 Å². The Morgan fingerprint density at radius 2 is 1.57 bits per heavy atom. The molecule has 146 valence electrons. The minimum atomic E-state index is 0.155. The van der Waals surface area contributed by atoms with Gasteiger partial charge in [-0.2, -0.15) is 0 Å². The predicted molar refractivity (Wildman–Crippen MR) is 110 cm³/mol. The monoisotopic (exact) mass is 379 g/mol. The summed E-state index contributed by atoms with van der Waals surface area (Å²) in [4.78, 5) is 17.1. The SMILES string of the molecule is COc1ccc(N2CCN(C(=O)Cn3ccc4cc(OC)ccc43)CC2)cc1. The highest BCUT2D eigenvalue weighted by molar-refractivity contribution is 5.84. The number of benzene rings is 2. The Labute approximate surface area is 164 Å². The molecule has 0 radical (unpaired) electrons. The van der Waals surface area contributed by atoms with Crippen molar-refractivity contribution in [2.24, 2.45) is 0 Å². The maximum absolute atomic E-state index is 12.8. The summed E-state index contributed by atoms with van der Waals surface area (Å²) in [7, 11) is 3.33. The third kappa shape index (κ3) is 3.63. The number of amides is 1. The fourth-order valence-electron chi connectivity index (χ4n) is 3.70. The summed E-state index contributed by atoms with van der Waals surface area (Å²) in [6.07, 6.45) is 1.97. The van der Waals surface area contributed by atoms with Gasteiger partial charge in [-0.05, 0) is 48.5 Å². The molecule has 0 atom stereocenters. The number of aromatic nitrogens is 1. The van der Waals surface area contributed by atoms with Gasteiger partial charge in [0.1, 0.15) is 18.0 Å². The maximum Gasteiger partial charge on any atom is 0.242 e. The standard InChI is InChI=1S/C22H25N3O3/c1-27-19-5-3-18(4-6-19)23-11-13-24(14-12-23)22(26)16-25-10-9-17-15-20(28-2)7-8-21(17)25/h3-10,15H,11-14,16H2,1-2H3. The number of ether oxygens (including phenoxy) is 2. The van der Waals surface area contributed by atoms with E-state index in [-0.39, 0.29) is 5.91 Å². The molecule has 1 aliphatic heterocycles. The molecule has 4 rings (SSSR count). The number of nitrogens with zero attached hydrogens (tertiary/aromatic N) is 3. The molecule has 1 saturated heterocycles. The summed E-state index contributed by atoms with van der Waals surface area (Å²) in [6.45, 7) is 3.50. The van der Waals surface area contributed by atoms with Crippen LogP contribution in [0.25, 0.3) is 10.9 Å². The van der Waals surface area contributed by atoms with Gasteiger partial charge < -0.3 is 23.8 Å². The Bertz CT molecular complexity index is 957. The maximum atomic E-state index is 12.8. The zero-order valence-electron chi connectivity index (χ0n) is 16.3. The van der Waals surface area contributed by atoms with Gasteiger partial charge in [-0.25, -0.2) is 0 Å². The first-order valence-electron chi connectivity index (χ1n) is 9.47. The van der Waals surface area contributed by atoms with E-state index in [1.807, 2.05) is 52.1 Å². The van der Waals surface area contributed by atoms with Crippen LogP contribution in [0.3, 0.4) is 0 Å². The van der Waals surface area contributed by atoms with Crippen molar-refractivity contribution in [1.29, 1.82) is 0 Å². The summed E-state index contributed by atoms with van der Waals surface area (Å²) in [5.41, 5.74) is 2.21. The van der Waals surface area contributed by atoms with Gasteiger partial charge in [-0.15, -0.1) is 0 Å². The first kappa shape index (κ1) is 18.2. The molecule has 6 nitrogen and oxygen atoms in total. The molecule has 28 heavy (non-hydrogen) atoms. The number of carbonyl (C=O) groups excluding carboxylic acids is 1. The second-order valence-electron chi connectivity index (χ2n) is 6.93. The lowest BCUT2D eigenvalue weighted by Gasteiger charge is -2.36. The fraction of sp³-hybridized carbons (Fsp3) is 0.318. The van der Waals surface area contributed by atoms with Gasteiger partial charge in [0.25, 0.3) is 0 Å². The number of anilines is 1. The van der Waals surface area contributed by atoms with Crippen molar-refractivity contribution in [1.82, 2.24) is 9.47 Å². The second kappa shape index (κ2) is 7.84. The third-order valence-electron chi connectivity index (χ3n) is 5.35. The lowest BCUT2D eigenvalue weighted by molar-refractivity contribution is -0.132. The Balaban J connectivity index is 1.37. The van der Waals surface area contributed by atoms with Gasteiger partial charge in [-0.3, -0.25) is 4.79 Å². The molecular weight excluding hydrogens is 354 g/mol. The summed E-state index contributed by atoms with van der Waals surface area (Å²) in [5.74, 6) is 1.84. The van der Waals surface area contributed by atoms with Gasteiger partial charge in [0.15, 0.2) is 0 Å². The highest BCUT2D eigenvalue weighted by Crippen LogP contribution is 2.23. The predicted octanol–water partition coefficient (Wildman–Crippen LogP) is 3.01. The molecule has 1 fully saturated rings. The highest BCUT2D eigenvalue weighted by Gasteiger charge is 2.21. The van der Waals surface area contributed by atoms with E-state index in [0.717, 1.165) is 48.6 Å². The number of methoxy groups -OCH3 is 2. The number of hydrogen-bond acceptors (Lipinski definition) is 4. The smallest absolute Gasteiger partial charge is 0.242 e. The van der Waals surface area contributed by atoms with E-state index in [4.69, 9.17) is 9.47 Å². The molecule has 0 aliphatic carbocycles. The Morgan fingerprint density at radius 1 is 0.893 bits per heavy atom. The van der Waals surface area contributed by atoms with Crippen LogP contribution in [0.15, 0.2) is 54.7 Å². The largest absolute Gasteiger partial charge is 0.497 e. The van der Waals surface area contributed by atoms with E-state index in [1.165, 1.54) is 5.69 Å². The number of hydrogen-bond donors (Lipinski definition) is 0. The molecule has 0 saturated carbocycles. The first-order valence-corrected chi connectivity index (χ1v) is 9.47. The van der Waals surface area contributed by atoms with Crippen LogP contribution in [0.1, 0.15) is 0 Å². The van der Waals surface area contributed by atoms with Crippen LogP contribution in [0.5, 0.6) is 11.5 Å². The van der Waals surface area contributed by atoms with Gasteiger partial charge in [0.05, 0.1) is 14.2 Å². The van der Waals surface area contributed by atoms with Crippen LogP contribution in [-0.4, -0.2) is 55.8 Å². The van der Waals surface area contributed by atoms with Crippen LogP contribution < -0.4 is 14.4 Å².